The predicted octanol–water partition coefficient (Wildman–Crippen LogP) is 3.62. The number of carbonyl (C=O) groups is 1. The Labute approximate surface area is 156 Å². The van der Waals surface area contributed by atoms with Crippen LogP contribution in [0.5, 0.6) is 0 Å². The molecule has 3 aromatic rings. The number of thioether (sulfide) groups is 1. The van der Waals surface area contributed by atoms with Crippen molar-refractivity contribution in [3.8, 4) is 0 Å². The number of hydrogen-bond donors (Lipinski definition) is 2. The van der Waals surface area contributed by atoms with E-state index >= 15 is 0 Å². The molecular weight excluding hydrogens is 344 g/mol. The van der Waals surface area contributed by atoms with Crippen LogP contribution in [0.2, 0.25) is 0 Å². The van der Waals surface area contributed by atoms with Crippen LogP contribution in [0.15, 0.2) is 72.4 Å². The van der Waals surface area contributed by atoms with Crippen LogP contribution in [0.1, 0.15) is 17.2 Å². The maximum atomic E-state index is 12.0. The highest BCUT2D eigenvalue weighted by molar-refractivity contribution is 8.04. The lowest BCUT2D eigenvalue weighted by molar-refractivity contribution is -0.119. The third-order valence-electron chi connectivity index (χ3n) is 4.70. The molecule has 4 rings (SSSR count). The predicted molar refractivity (Wildman–Crippen MR) is 106 cm³/mol. The fourth-order valence-electron chi connectivity index (χ4n) is 3.40. The molecule has 1 aliphatic rings. The maximum absolute atomic E-state index is 12.0. The number of aromatic nitrogens is 1. The van der Waals surface area contributed by atoms with Gasteiger partial charge in [0, 0.05) is 17.1 Å². The third kappa shape index (κ3) is 3.28. The van der Waals surface area contributed by atoms with Gasteiger partial charge in [-0.2, -0.15) is 0 Å². The van der Waals surface area contributed by atoms with Gasteiger partial charge >= 0.3 is 0 Å². The van der Waals surface area contributed by atoms with Gasteiger partial charge in [-0.25, -0.2) is 0 Å². The number of benzene rings is 2. The first-order valence-electron chi connectivity index (χ1n) is 8.58. The Balaban J connectivity index is 1.59. The Bertz CT molecular complexity index is 965. The normalized spacial score (nSPS) is 18.3. The SMILES string of the molecule is C=C1NC(=O)C(Cc2cccc3c2ccn3CC(O)c2ccccc2)S1. The lowest BCUT2D eigenvalue weighted by Gasteiger charge is -2.14. The number of carbonyl (C=O) groups excluding carboxylic acids is 1. The first-order chi connectivity index (χ1) is 12.6. The molecule has 2 atom stereocenters. The molecule has 2 N–H and O–H groups in total. The van der Waals surface area contributed by atoms with Gasteiger partial charge in [0.1, 0.15) is 0 Å². The van der Waals surface area contributed by atoms with Crippen molar-refractivity contribution in [2.24, 2.45) is 0 Å². The highest BCUT2D eigenvalue weighted by Crippen LogP contribution is 2.31. The molecule has 0 spiro atoms. The molecule has 0 bridgehead atoms. The summed E-state index contributed by atoms with van der Waals surface area (Å²) >= 11 is 1.49. The van der Waals surface area contributed by atoms with E-state index in [1.165, 1.54) is 11.8 Å². The fourth-order valence-corrected chi connectivity index (χ4v) is 4.33. The van der Waals surface area contributed by atoms with Gasteiger partial charge in [-0.3, -0.25) is 4.79 Å². The van der Waals surface area contributed by atoms with Crippen molar-refractivity contribution in [1.29, 1.82) is 0 Å². The number of rotatable bonds is 5. The first kappa shape index (κ1) is 16.9. The molecule has 26 heavy (non-hydrogen) atoms. The molecule has 1 aliphatic heterocycles. The molecule has 2 aromatic carbocycles. The maximum Gasteiger partial charge on any atom is 0.238 e. The Morgan fingerprint density at radius 3 is 2.69 bits per heavy atom. The molecule has 1 amide bonds. The van der Waals surface area contributed by atoms with E-state index in [-0.39, 0.29) is 11.2 Å². The van der Waals surface area contributed by atoms with Crippen LogP contribution in [0.3, 0.4) is 0 Å². The lowest BCUT2D eigenvalue weighted by Crippen LogP contribution is -2.23. The van der Waals surface area contributed by atoms with Crippen LogP contribution in [-0.2, 0) is 17.8 Å². The number of nitrogens with one attached hydrogen (secondary N) is 1. The van der Waals surface area contributed by atoms with Gasteiger partial charge in [0.25, 0.3) is 0 Å². The van der Waals surface area contributed by atoms with E-state index < -0.39 is 6.10 Å². The second kappa shape index (κ2) is 7.02. The Morgan fingerprint density at radius 2 is 1.96 bits per heavy atom. The zero-order valence-electron chi connectivity index (χ0n) is 14.3. The Hall–Kier alpha value is -2.50. The number of amides is 1. The van der Waals surface area contributed by atoms with Gasteiger partial charge < -0.3 is 15.0 Å². The topological polar surface area (TPSA) is 54.3 Å². The summed E-state index contributed by atoms with van der Waals surface area (Å²) in [5, 5.41) is 15.0. The van der Waals surface area contributed by atoms with Gasteiger partial charge in [-0.1, -0.05) is 60.8 Å². The summed E-state index contributed by atoms with van der Waals surface area (Å²) < 4.78 is 2.07. The quantitative estimate of drug-likeness (QED) is 0.727. The average Bonchev–Trinajstić information content (AvgIpc) is 3.19. The molecule has 5 heteroatoms. The van der Waals surface area contributed by atoms with Crippen molar-refractivity contribution < 1.29 is 9.90 Å². The van der Waals surface area contributed by atoms with Gasteiger partial charge in [0.2, 0.25) is 5.91 Å². The van der Waals surface area contributed by atoms with Crippen LogP contribution in [0.4, 0.5) is 0 Å². The van der Waals surface area contributed by atoms with Crippen molar-refractivity contribution in [2.45, 2.75) is 24.3 Å². The number of fused-ring (bicyclic) bond motifs is 1. The van der Waals surface area contributed by atoms with E-state index in [9.17, 15) is 9.90 Å². The summed E-state index contributed by atoms with van der Waals surface area (Å²) in [6.07, 6.45) is 2.11. The zero-order chi connectivity index (χ0) is 18.1. The average molecular weight is 364 g/mol. The van der Waals surface area contributed by atoms with E-state index in [0.29, 0.717) is 13.0 Å². The van der Waals surface area contributed by atoms with E-state index in [1.807, 2.05) is 42.6 Å². The number of aliphatic hydroxyl groups excluding tert-OH is 1. The minimum Gasteiger partial charge on any atom is -0.387 e. The molecule has 1 saturated heterocycles. The fraction of sp³-hybridized carbons (Fsp3) is 0.190. The summed E-state index contributed by atoms with van der Waals surface area (Å²) in [6, 6.07) is 17.9. The highest BCUT2D eigenvalue weighted by atomic mass is 32.2. The second-order valence-corrected chi connectivity index (χ2v) is 7.77. The standard InChI is InChI=1S/C21H20N2O2S/c1-14-22-21(25)20(26-14)12-16-8-5-9-18-17(16)10-11-23(18)13-19(24)15-6-3-2-4-7-15/h2-11,19-20,24H,1,12-13H2,(H,22,25). The van der Waals surface area contributed by atoms with E-state index in [1.54, 1.807) is 0 Å². The smallest absolute Gasteiger partial charge is 0.238 e. The molecule has 0 aliphatic carbocycles. The van der Waals surface area contributed by atoms with Gasteiger partial charge in [-0.15, -0.1) is 0 Å². The third-order valence-corrected chi connectivity index (χ3v) is 5.75. The van der Waals surface area contributed by atoms with E-state index in [0.717, 1.165) is 27.1 Å². The van der Waals surface area contributed by atoms with Gasteiger partial charge in [0.05, 0.1) is 22.9 Å². The van der Waals surface area contributed by atoms with E-state index in [2.05, 4.69) is 34.7 Å². The molecule has 1 aromatic heterocycles. The molecule has 0 radical (unpaired) electrons. The number of aliphatic hydroxyl groups is 1. The Morgan fingerprint density at radius 1 is 1.15 bits per heavy atom. The summed E-state index contributed by atoms with van der Waals surface area (Å²) in [7, 11) is 0. The van der Waals surface area contributed by atoms with Crippen LogP contribution in [0.25, 0.3) is 10.9 Å². The summed E-state index contributed by atoms with van der Waals surface area (Å²) in [6.45, 7) is 4.32. The number of hydrogen-bond acceptors (Lipinski definition) is 3. The van der Waals surface area contributed by atoms with Crippen LogP contribution < -0.4 is 5.32 Å². The summed E-state index contributed by atoms with van der Waals surface area (Å²) in [4.78, 5) is 12.0. The monoisotopic (exact) mass is 364 g/mol. The molecule has 132 valence electrons. The zero-order valence-corrected chi connectivity index (χ0v) is 15.1. The second-order valence-electron chi connectivity index (χ2n) is 6.47. The highest BCUT2D eigenvalue weighted by Gasteiger charge is 2.28. The minimum absolute atomic E-state index is 0.0240. The van der Waals surface area contributed by atoms with Gasteiger partial charge in [-0.05, 0) is 29.7 Å². The Kier molecular flexibility index (Phi) is 4.57. The van der Waals surface area contributed by atoms with Crippen molar-refractivity contribution in [2.75, 3.05) is 0 Å². The molecular formula is C21H20N2O2S. The number of nitrogens with zero attached hydrogens (tertiary/aromatic N) is 1. The lowest BCUT2D eigenvalue weighted by atomic mass is 10.0. The van der Waals surface area contributed by atoms with Crippen molar-refractivity contribution in [3.05, 3.63) is 83.5 Å². The molecule has 4 nitrogen and oxygen atoms in total. The molecule has 0 saturated carbocycles. The van der Waals surface area contributed by atoms with Crippen LogP contribution >= 0.6 is 11.8 Å². The molecule has 2 heterocycles. The van der Waals surface area contributed by atoms with Gasteiger partial charge in [0.15, 0.2) is 0 Å². The largest absolute Gasteiger partial charge is 0.387 e. The molecule has 1 fully saturated rings. The summed E-state index contributed by atoms with van der Waals surface area (Å²) in [5.74, 6) is 0.0240. The first-order valence-corrected chi connectivity index (χ1v) is 9.46. The van der Waals surface area contributed by atoms with E-state index in [4.69, 9.17) is 0 Å². The van der Waals surface area contributed by atoms with Crippen molar-refractivity contribution in [3.63, 3.8) is 0 Å². The van der Waals surface area contributed by atoms with Crippen molar-refractivity contribution in [1.82, 2.24) is 9.88 Å². The minimum atomic E-state index is -0.560. The molecule has 2 unspecified atom stereocenters. The van der Waals surface area contributed by atoms with Crippen LogP contribution in [0, 0.1) is 0 Å². The van der Waals surface area contributed by atoms with Crippen LogP contribution in [-0.4, -0.2) is 20.8 Å². The van der Waals surface area contributed by atoms with Crippen molar-refractivity contribution >= 4 is 28.6 Å². The summed E-state index contributed by atoms with van der Waals surface area (Å²) in [5.41, 5.74) is 3.11.